The highest BCUT2D eigenvalue weighted by Crippen LogP contribution is 2.38. The van der Waals surface area contributed by atoms with Gasteiger partial charge < -0.3 is 15.2 Å². The van der Waals surface area contributed by atoms with Gasteiger partial charge in [0.2, 0.25) is 11.8 Å². The van der Waals surface area contributed by atoms with Gasteiger partial charge >= 0.3 is 0 Å². The maximum absolute atomic E-state index is 12.1. The highest BCUT2D eigenvalue weighted by Gasteiger charge is 2.31. The Labute approximate surface area is 148 Å². The fourth-order valence-electron chi connectivity index (χ4n) is 3.65. The average molecular weight is 347 g/mol. The third-order valence-corrected chi connectivity index (χ3v) is 5.55. The number of rotatable bonds is 8. The average Bonchev–Trinajstić information content (AvgIpc) is 3.52. The minimum atomic E-state index is 0.115. The third kappa shape index (κ3) is 4.79. The van der Waals surface area contributed by atoms with Crippen molar-refractivity contribution in [2.75, 3.05) is 19.6 Å². The van der Waals surface area contributed by atoms with E-state index in [1.54, 1.807) is 0 Å². The first-order valence-corrected chi connectivity index (χ1v) is 9.75. The quantitative estimate of drug-likeness (QED) is 0.740. The monoisotopic (exact) mass is 347 g/mol. The summed E-state index contributed by atoms with van der Waals surface area (Å²) in [6.45, 7) is 5.23. The van der Waals surface area contributed by atoms with E-state index in [1.165, 1.54) is 25.7 Å². The van der Waals surface area contributed by atoms with Crippen LogP contribution < -0.4 is 10.6 Å². The van der Waals surface area contributed by atoms with E-state index in [0.717, 1.165) is 44.2 Å². The minimum Gasteiger partial charge on any atom is -0.352 e. The number of hydrogen-bond acceptors (Lipinski definition) is 6. The molecule has 3 aliphatic rings. The van der Waals surface area contributed by atoms with Gasteiger partial charge in [-0.15, -0.1) is 0 Å². The molecule has 0 aromatic carbocycles. The van der Waals surface area contributed by atoms with E-state index >= 15 is 0 Å². The summed E-state index contributed by atoms with van der Waals surface area (Å²) in [6.07, 6.45) is 7.11. The Morgan fingerprint density at radius 2 is 2.16 bits per heavy atom. The van der Waals surface area contributed by atoms with Gasteiger partial charge in [-0.3, -0.25) is 9.69 Å². The largest absolute Gasteiger partial charge is 0.352 e. The number of piperidine rings is 1. The Balaban J connectivity index is 1.19. The predicted molar refractivity (Wildman–Crippen MR) is 92.9 cm³/mol. The summed E-state index contributed by atoms with van der Waals surface area (Å²) in [5.74, 6) is 2.92. The highest BCUT2D eigenvalue weighted by molar-refractivity contribution is 5.78. The van der Waals surface area contributed by atoms with Crippen molar-refractivity contribution in [1.29, 1.82) is 0 Å². The summed E-state index contributed by atoms with van der Waals surface area (Å²) in [5.41, 5.74) is 0. The molecular weight excluding hydrogens is 318 g/mol. The molecule has 1 saturated heterocycles. The van der Waals surface area contributed by atoms with Gasteiger partial charge in [0.1, 0.15) is 0 Å². The molecule has 4 rings (SSSR count). The van der Waals surface area contributed by atoms with Crippen molar-refractivity contribution in [2.24, 2.45) is 5.92 Å². The lowest BCUT2D eigenvalue weighted by Gasteiger charge is -2.32. The smallest absolute Gasteiger partial charge is 0.234 e. The normalized spacial score (nSPS) is 25.7. The number of carbonyl (C=O) groups excluding carboxylic acids is 1. The molecule has 2 saturated carbocycles. The van der Waals surface area contributed by atoms with Gasteiger partial charge in [0.25, 0.3) is 0 Å². The van der Waals surface area contributed by atoms with Crippen LogP contribution in [0.3, 0.4) is 0 Å². The molecule has 1 aromatic rings. The van der Waals surface area contributed by atoms with Gasteiger partial charge in [0.15, 0.2) is 5.82 Å². The predicted octanol–water partition coefficient (Wildman–Crippen LogP) is 1.42. The van der Waals surface area contributed by atoms with Gasteiger partial charge in [-0.1, -0.05) is 5.16 Å². The van der Waals surface area contributed by atoms with Gasteiger partial charge in [0, 0.05) is 24.5 Å². The lowest BCUT2D eigenvalue weighted by molar-refractivity contribution is -0.121. The summed E-state index contributed by atoms with van der Waals surface area (Å²) in [7, 11) is 0. The zero-order valence-corrected chi connectivity index (χ0v) is 15.0. The Kier molecular flexibility index (Phi) is 5.03. The molecule has 2 unspecified atom stereocenters. The summed E-state index contributed by atoms with van der Waals surface area (Å²) < 4.78 is 5.34. The number of nitrogens with one attached hydrogen (secondary N) is 2. The number of likely N-dealkylation sites (tertiary alicyclic amines) is 1. The molecule has 1 amide bonds. The Morgan fingerprint density at radius 3 is 2.92 bits per heavy atom. The molecule has 2 heterocycles. The third-order valence-electron chi connectivity index (χ3n) is 5.55. The van der Waals surface area contributed by atoms with Gasteiger partial charge in [-0.05, 0) is 57.9 Å². The SMILES string of the molecule is CC(NC(=O)CNC1CCCN(Cc2noc(C3CC3)n2)C1)C1CC1. The van der Waals surface area contributed by atoms with Crippen molar-refractivity contribution >= 4 is 5.91 Å². The van der Waals surface area contributed by atoms with Crippen molar-refractivity contribution in [2.45, 2.75) is 70.0 Å². The molecule has 2 N–H and O–H groups in total. The highest BCUT2D eigenvalue weighted by atomic mass is 16.5. The second kappa shape index (κ2) is 7.41. The van der Waals surface area contributed by atoms with Gasteiger partial charge in [-0.2, -0.15) is 4.98 Å². The summed E-state index contributed by atoms with van der Waals surface area (Å²) >= 11 is 0. The van der Waals surface area contributed by atoms with Crippen LogP contribution in [0.1, 0.15) is 63.1 Å². The first-order chi connectivity index (χ1) is 12.2. The second-order valence-corrected chi connectivity index (χ2v) is 7.97. The van der Waals surface area contributed by atoms with E-state index in [0.29, 0.717) is 30.5 Å². The number of aromatic nitrogens is 2. The van der Waals surface area contributed by atoms with Crippen LogP contribution in [0.5, 0.6) is 0 Å². The van der Waals surface area contributed by atoms with E-state index in [9.17, 15) is 4.79 Å². The summed E-state index contributed by atoms with van der Waals surface area (Å²) in [6, 6.07) is 0.668. The van der Waals surface area contributed by atoms with Gasteiger partial charge in [0.05, 0.1) is 13.1 Å². The maximum Gasteiger partial charge on any atom is 0.234 e. The number of nitrogens with zero attached hydrogens (tertiary/aromatic N) is 3. The molecule has 7 heteroatoms. The zero-order valence-electron chi connectivity index (χ0n) is 15.0. The van der Waals surface area contributed by atoms with Crippen LogP contribution in [-0.4, -0.2) is 52.7 Å². The molecule has 7 nitrogen and oxygen atoms in total. The number of carbonyl (C=O) groups is 1. The fourth-order valence-corrected chi connectivity index (χ4v) is 3.65. The maximum atomic E-state index is 12.1. The van der Waals surface area contributed by atoms with E-state index in [4.69, 9.17) is 4.52 Å². The first kappa shape index (κ1) is 17.0. The van der Waals surface area contributed by atoms with E-state index in [2.05, 4.69) is 32.6 Å². The molecule has 138 valence electrons. The Hall–Kier alpha value is -1.47. The van der Waals surface area contributed by atoms with Crippen molar-refractivity contribution in [3.8, 4) is 0 Å². The van der Waals surface area contributed by atoms with Crippen LogP contribution in [0, 0.1) is 5.92 Å². The molecule has 0 spiro atoms. The molecule has 25 heavy (non-hydrogen) atoms. The number of hydrogen-bond donors (Lipinski definition) is 2. The first-order valence-electron chi connectivity index (χ1n) is 9.75. The summed E-state index contributed by atoms with van der Waals surface area (Å²) in [5, 5.41) is 10.6. The number of amides is 1. The molecule has 1 aromatic heterocycles. The standard InChI is InChI=1S/C18H29N5O2/c1-12(13-4-5-13)20-17(24)9-19-15-3-2-8-23(10-15)11-16-21-18(25-22-16)14-6-7-14/h12-15,19H,2-11H2,1H3,(H,20,24). The second-order valence-electron chi connectivity index (χ2n) is 7.97. The van der Waals surface area contributed by atoms with Crippen molar-refractivity contribution in [3.05, 3.63) is 11.7 Å². The van der Waals surface area contributed by atoms with Crippen LogP contribution in [0.4, 0.5) is 0 Å². The Bertz CT molecular complexity index is 596. The van der Waals surface area contributed by atoms with Crippen LogP contribution >= 0.6 is 0 Å². The van der Waals surface area contributed by atoms with E-state index in [-0.39, 0.29) is 5.91 Å². The molecule has 2 atom stereocenters. The lowest BCUT2D eigenvalue weighted by atomic mass is 10.1. The van der Waals surface area contributed by atoms with E-state index < -0.39 is 0 Å². The van der Waals surface area contributed by atoms with Crippen LogP contribution in [-0.2, 0) is 11.3 Å². The van der Waals surface area contributed by atoms with E-state index in [1.807, 2.05) is 0 Å². The molecule has 0 bridgehead atoms. The zero-order chi connectivity index (χ0) is 17.2. The topological polar surface area (TPSA) is 83.3 Å². The molecule has 1 aliphatic heterocycles. The van der Waals surface area contributed by atoms with Crippen LogP contribution in [0.15, 0.2) is 4.52 Å². The molecular formula is C18H29N5O2. The Morgan fingerprint density at radius 1 is 1.32 bits per heavy atom. The summed E-state index contributed by atoms with van der Waals surface area (Å²) in [4.78, 5) is 18.9. The van der Waals surface area contributed by atoms with Crippen molar-refractivity contribution in [3.63, 3.8) is 0 Å². The minimum absolute atomic E-state index is 0.115. The fraction of sp³-hybridized carbons (Fsp3) is 0.833. The molecule has 2 aliphatic carbocycles. The molecule has 3 fully saturated rings. The van der Waals surface area contributed by atoms with Crippen LogP contribution in [0.25, 0.3) is 0 Å². The van der Waals surface area contributed by atoms with Crippen molar-refractivity contribution < 1.29 is 9.32 Å². The van der Waals surface area contributed by atoms with Crippen LogP contribution in [0.2, 0.25) is 0 Å². The lowest BCUT2D eigenvalue weighted by Crippen LogP contribution is -2.49. The van der Waals surface area contributed by atoms with Crippen molar-refractivity contribution in [1.82, 2.24) is 25.7 Å². The van der Waals surface area contributed by atoms with Gasteiger partial charge in [-0.25, -0.2) is 0 Å². The molecule has 0 radical (unpaired) electrons.